The number of hydrogen-bond donors (Lipinski definition) is 1. The zero-order valence-corrected chi connectivity index (χ0v) is 15.9. The van der Waals surface area contributed by atoms with Gasteiger partial charge < -0.3 is 0 Å². The summed E-state index contributed by atoms with van der Waals surface area (Å²) in [7, 11) is 0. The van der Waals surface area contributed by atoms with Gasteiger partial charge in [-0.15, -0.1) is 5.10 Å². The van der Waals surface area contributed by atoms with E-state index < -0.39 is 5.66 Å². The second kappa shape index (κ2) is 6.45. The van der Waals surface area contributed by atoms with E-state index in [1.54, 1.807) is 5.01 Å². The van der Waals surface area contributed by atoms with Gasteiger partial charge >= 0.3 is 0 Å². The smallest absolute Gasteiger partial charge is 0.276 e. The van der Waals surface area contributed by atoms with Crippen LogP contribution in [0.4, 0.5) is 0 Å². The molecule has 26 heavy (non-hydrogen) atoms. The maximum Gasteiger partial charge on any atom is 0.276 e. The van der Waals surface area contributed by atoms with Gasteiger partial charge in [0.2, 0.25) is 0 Å². The average molecular weight is 385 g/mol. The third-order valence-electron chi connectivity index (χ3n) is 4.23. The number of amidine groups is 1. The highest BCUT2D eigenvalue weighted by Gasteiger charge is 2.38. The third kappa shape index (κ3) is 2.99. The van der Waals surface area contributed by atoms with Gasteiger partial charge in [0.15, 0.2) is 5.17 Å². The molecule has 0 radical (unpaired) electrons. The van der Waals surface area contributed by atoms with Crippen LogP contribution in [0.25, 0.3) is 5.70 Å². The highest BCUT2D eigenvalue weighted by atomic mass is 35.5. The van der Waals surface area contributed by atoms with Gasteiger partial charge in [-0.2, -0.15) is 0 Å². The summed E-state index contributed by atoms with van der Waals surface area (Å²) in [6, 6.07) is 15.3. The van der Waals surface area contributed by atoms with E-state index in [1.807, 2.05) is 62.4 Å². The molecule has 2 aromatic rings. The number of nitrogens with one attached hydrogen (secondary N) is 1. The molecule has 0 spiro atoms. The van der Waals surface area contributed by atoms with Crippen LogP contribution in [0.5, 0.6) is 0 Å². The van der Waals surface area contributed by atoms with E-state index in [0.717, 1.165) is 16.1 Å². The summed E-state index contributed by atoms with van der Waals surface area (Å²) in [6.07, 6.45) is 0. The first-order valence-corrected chi connectivity index (χ1v) is 9.58. The summed E-state index contributed by atoms with van der Waals surface area (Å²) in [5, 5.41) is 12.1. The molecule has 0 unspecified atom stereocenters. The van der Waals surface area contributed by atoms with Crippen molar-refractivity contribution in [1.82, 2.24) is 10.3 Å². The third-order valence-corrected chi connectivity index (χ3v) is 5.51. The summed E-state index contributed by atoms with van der Waals surface area (Å²) in [4.78, 5) is 17.6. The van der Waals surface area contributed by atoms with Gasteiger partial charge in [-0.3, -0.25) is 15.1 Å². The number of carbonyl (C=O) groups excluding carboxylic acids is 1. The molecule has 2 aromatic carbocycles. The van der Waals surface area contributed by atoms with Crippen LogP contribution < -0.4 is 15.9 Å². The molecule has 2 aliphatic heterocycles. The minimum absolute atomic E-state index is 0.169. The molecule has 1 N–H and O–H groups in total. The van der Waals surface area contributed by atoms with Crippen LogP contribution in [0.1, 0.15) is 19.4 Å². The van der Waals surface area contributed by atoms with Crippen LogP contribution >= 0.6 is 23.4 Å². The first-order valence-electron chi connectivity index (χ1n) is 8.21. The minimum atomic E-state index is -0.641. The first-order chi connectivity index (χ1) is 12.5. The van der Waals surface area contributed by atoms with Crippen molar-refractivity contribution in [2.45, 2.75) is 25.3 Å². The Bertz CT molecular complexity index is 1050. The predicted molar refractivity (Wildman–Crippen MR) is 105 cm³/mol. The maximum atomic E-state index is 12.8. The number of thioether (sulfide) groups is 1. The van der Waals surface area contributed by atoms with Crippen LogP contribution in [-0.4, -0.2) is 21.7 Å². The van der Waals surface area contributed by atoms with Crippen LogP contribution in [0.15, 0.2) is 58.6 Å². The number of fused-ring (bicyclic) bond motifs is 2. The summed E-state index contributed by atoms with van der Waals surface area (Å²) in [5.74, 6) is 0.452. The molecule has 132 valence electrons. The zero-order chi connectivity index (χ0) is 18.3. The highest BCUT2D eigenvalue weighted by molar-refractivity contribution is 8.13. The second-order valence-electron chi connectivity index (χ2n) is 6.52. The Labute approximate surface area is 160 Å². The van der Waals surface area contributed by atoms with Crippen molar-refractivity contribution in [3.05, 3.63) is 69.7 Å². The molecule has 0 saturated carbocycles. The van der Waals surface area contributed by atoms with Crippen molar-refractivity contribution in [3.8, 4) is 0 Å². The quantitative estimate of drug-likeness (QED) is 0.865. The summed E-state index contributed by atoms with van der Waals surface area (Å²) in [5.41, 5.74) is 0.888. The summed E-state index contributed by atoms with van der Waals surface area (Å²) >= 11 is 7.66. The number of amides is 1. The lowest BCUT2D eigenvalue weighted by atomic mass is 10.1. The molecule has 2 aliphatic rings. The number of carbonyl (C=O) groups is 1. The lowest BCUT2D eigenvalue weighted by Gasteiger charge is -2.38. The Morgan fingerprint density at radius 3 is 2.69 bits per heavy atom. The van der Waals surface area contributed by atoms with Gasteiger partial charge in [0, 0.05) is 16.0 Å². The van der Waals surface area contributed by atoms with Crippen LogP contribution in [-0.2, 0) is 10.5 Å². The number of rotatable bonds is 2. The summed E-state index contributed by atoms with van der Waals surface area (Å²) < 4.78 is 0. The number of benzene rings is 2. The molecule has 1 amide bonds. The van der Waals surface area contributed by atoms with Gasteiger partial charge in [0.25, 0.3) is 5.91 Å². The lowest BCUT2D eigenvalue weighted by Crippen LogP contribution is -2.56. The minimum Gasteiger partial charge on any atom is -0.298 e. The molecule has 0 aromatic heterocycles. The first kappa shape index (κ1) is 17.1. The van der Waals surface area contributed by atoms with Gasteiger partial charge in [0.05, 0.1) is 5.36 Å². The Balaban J connectivity index is 1.70. The highest BCUT2D eigenvalue weighted by Crippen LogP contribution is 2.29. The average Bonchev–Trinajstić information content (AvgIpc) is 2.61. The largest absolute Gasteiger partial charge is 0.298 e. The van der Waals surface area contributed by atoms with E-state index >= 15 is 0 Å². The van der Waals surface area contributed by atoms with E-state index in [9.17, 15) is 4.79 Å². The molecule has 0 bridgehead atoms. The molecule has 4 rings (SSSR count). The Morgan fingerprint density at radius 1 is 1.15 bits per heavy atom. The van der Waals surface area contributed by atoms with E-state index in [-0.39, 0.29) is 5.91 Å². The monoisotopic (exact) mass is 384 g/mol. The van der Waals surface area contributed by atoms with E-state index in [2.05, 4.69) is 10.4 Å². The Morgan fingerprint density at radius 2 is 1.88 bits per heavy atom. The van der Waals surface area contributed by atoms with Crippen LogP contribution in [0.2, 0.25) is 5.02 Å². The standard InChI is InChI=1S/C19H17ClN4OS/c1-19(2)22-15-10-6-4-8-13(15)16-17(25)21-18(23-24(16)19)26-11-12-7-3-5-9-14(12)20/h3-10H,11H2,1-2H3,(H,21,23,25). The van der Waals surface area contributed by atoms with Gasteiger partial charge in [-0.25, -0.2) is 5.01 Å². The maximum absolute atomic E-state index is 12.8. The van der Waals surface area contributed by atoms with E-state index in [0.29, 0.717) is 21.6 Å². The SMILES string of the molecule is CC1(C)N=c2ccccc2=C2C(=O)NC(SCc3ccccc3Cl)=NN21. The normalized spacial score (nSPS) is 17.7. The van der Waals surface area contributed by atoms with Gasteiger partial charge in [-0.1, -0.05) is 59.8 Å². The predicted octanol–water partition coefficient (Wildman–Crippen LogP) is 2.45. The fourth-order valence-electron chi connectivity index (χ4n) is 2.99. The van der Waals surface area contributed by atoms with Gasteiger partial charge in [0.1, 0.15) is 11.4 Å². The lowest BCUT2D eigenvalue weighted by molar-refractivity contribution is -0.116. The fraction of sp³-hybridized carbons (Fsp3) is 0.211. The van der Waals surface area contributed by atoms with Crippen LogP contribution in [0.3, 0.4) is 0 Å². The van der Waals surface area contributed by atoms with Crippen molar-refractivity contribution >= 4 is 40.1 Å². The molecular weight excluding hydrogens is 368 g/mol. The van der Waals surface area contributed by atoms with Crippen molar-refractivity contribution in [2.75, 3.05) is 0 Å². The topological polar surface area (TPSA) is 57.1 Å². The van der Waals surface area contributed by atoms with Gasteiger partial charge in [-0.05, 0) is 31.5 Å². The van der Waals surface area contributed by atoms with E-state index in [4.69, 9.17) is 16.6 Å². The second-order valence-corrected chi connectivity index (χ2v) is 7.89. The molecule has 0 fully saturated rings. The molecular formula is C19H17ClN4OS. The molecule has 0 saturated heterocycles. The Kier molecular flexibility index (Phi) is 4.25. The number of para-hydroxylation sites is 1. The van der Waals surface area contributed by atoms with Crippen LogP contribution in [0, 0.1) is 0 Å². The fourth-order valence-corrected chi connectivity index (χ4v) is 4.12. The number of nitrogens with zero attached hydrogens (tertiary/aromatic N) is 3. The number of hydrazone groups is 1. The number of halogens is 1. The molecule has 0 atom stereocenters. The van der Waals surface area contributed by atoms with Crippen molar-refractivity contribution in [2.24, 2.45) is 10.1 Å². The molecule has 0 aliphatic carbocycles. The van der Waals surface area contributed by atoms with Crippen molar-refractivity contribution in [3.63, 3.8) is 0 Å². The zero-order valence-electron chi connectivity index (χ0n) is 14.4. The molecule has 7 heteroatoms. The van der Waals surface area contributed by atoms with Crippen molar-refractivity contribution in [1.29, 1.82) is 0 Å². The van der Waals surface area contributed by atoms with E-state index in [1.165, 1.54) is 11.8 Å². The summed E-state index contributed by atoms with van der Waals surface area (Å²) in [6.45, 7) is 3.89. The van der Waals surface area contributed by atoms with Crippen molar-refractivity contribution < 1.29 is 4.79 Å². The Hall–Kier alpha value is -2.31. The molecule has 5 nitrogen and oxygen atoms in total. The molecule has 2 heterocycles. The number of hydrogen-bond acceptors (Lipinski definition) is 5.